The number of aryl methyl sites for hydroxylation is 3. The molecule has 0 amide bonds. The van der Waals surface area contributed by atoms with E-state index in [1.54, 1.807) is 33.4 Å². The number of nitrogens with zero attached hydrogens (tertiary/aromatic N) is 3. The molecule has 0 bridgehead atoms. The molecule has 2 aromatic carbocycles. The Labute approximate surface area is 129 Å². The smallest absolute Gasteiger partial charge is 0.285 e. The molecule has 3 aromatic rings. The third-order valence-electron chi connectivity index (χ3n) is 3.73. The van der Waals surface area contributed by atoms with Crippen LogP contribution in [0.3, 0.4) is 0 Å². The zero-order valence-electron chi connectivity index (χ0n) is 12.7. The average molecular weight is 315 g/mol. The lowest BCUT2D eigenvalue weighted by molar-refractivity contribution is 0.593. The lowest BCUT2D eigenvalue weighted by Gasteiger charge is -2.00. The van der Waals surface area contributed by atoms with E-state index >= 15 is 0 Å². The van der Waals surface area contributed by atoms with Crippen LogP contribution in [0.5, 0.6) is 0 Å². The standard InChI is InChI=1S/C16H17N3O2S/c1-12-8-10-13(11-9-12)22(20,21)17-16-18(2)14-6-4-5-7-15(14)19(16)3/h4-11H,1-3H3. The third-order valence-corrected chi connectivity index (χ3v) is 5.00. The van der Waals surface area contributed by atoms with Gasteiger partial charge in [0.05, 0.1) is 15.9 Å². The maximum absolute atomic E-state index is 12.5. The number of aromatic nitrogens is 2. The zero-order chi connectivity index (χ0) is 15.9. The topological polar surface area (TPSA) is 56.4 Å². The van der Waals surface area contributed by atoms with Gasteiger partial charge in [0, 0.05) is 14.1 Å². The minimum absolute atomic E-state index is 0.198. The molecule has 1 aromatic heterocycles. The van der Waals surface area contributed by atoms with Gasteiger partial charge in [0.15, 0.2) is 0 Å². The number of hydrogen-bond donors (Lipinski definition) is 0. The van der Waals surface area contributed by atoms with Crippen molar-refractivity contribution < 1.29 is 8.42 Å². The molecule has 0 saturated heterocycles. The van der Waals surface area contributed by atoms with Crippen molar-refractivity contribution >= 4 is 21.1 Å². The van der Waals surface area contributed by atoms with E-state index in [1.165, 1.54) is 0 Å². The zero-order valence-corrected chi connectivity index (χ0v) is 13.5. The Bertz CT molecular complexity index is 968. The Balaban J connectivity index is 2.26. The molecule has 0 unspecified atom stereocenters. The highest BCUT2D eigenvalue weighted by Crippen LogP contribution is 2.14. The molecule has 0 radical (unpaired) electrons. The number of imidazole rings is 1. The summed E-state index contributed by atoms with van der Waals surface area (Å²) in [6, 6.07) is 14.4. The predicted molar refractivity (Wildman–Crippen MR) is 85.8 cm³/mol. The van der Waals surface area contributed by atoms with E-state index in [2.05, 4.69) is 4.40 Å². The summed E-state index contributed by atoms with van der Waals surface area (Å²) in [6.45, 7) is 1.91. The molecule has 0 saturated carbocycles. The van der Waals surface area contributed by atoms with Gasteiger partial charge >= 0.3 is 0 Å². The molecule has 5 nitrogen and oxygen atoms in total. The maximum Gasteiger partial charge on any atom is 0.285 e. The number of fused-ring (bicyclic) bond motifs is 1. The predicted octanol–water partition coefficient (Wildman–Crippen LogP) is 2.11. The van der Waals surface area contributed by atoms with E-state index in [4.69, 9.17) is 0 Å². The van der Waals surface area contributed by atoms with E-state index in [-0.39, 0.29) is 4.90 Å². The first-order valence-electron chi connectivity index (χ1n) is 6.88. The van der Waals surface area contributed by atoms with Crippen molar-refractivity contribution in [1.82, 2.24) is 9.13 Å². The van der Waals surface area contributed by atoms with Gasteiger partial charge in [-0.05, 0) is 31.2 Å². The van der Waals surface area contributed by atoms with Crippen LogP contribution in [-0.2, 0) is 24.1 Å². The number of rotatable bonds is 2. The number of benzene rings is 2. The average Bonchev–Trinajstić information content (AvgIpc) is 2.73. The van der Waals surface area contributed by atoms with Crippen LogP contribution in [0.15, 0.2) is 57.8 Å². The second kappa shape index (κ2) is 5.14. The highest BCUT2D eigenvalue weighted by molar-refractivity contribution is 7.90. The summed E-state index contributed by atoms with van der Waals surface area (Å²) in [5.74, 6) is 0. The van der Waals surface area contributed by atoms with Gasteiger partial charge in [-0.2, -0.15) is 8.42 Å². The normalized spacial score (nSPS) is 11.8. The fraction of sp³-hybridized carbons (Fsp3) is 0.188. The van der Waals surface area contributed by atoms with Crippen LogP contribution in [0, 0.1) is 6.92 Å². The molecule has 0 spiro atoms. The fourth-order valence-corrected chi connectivity index (χ4v) is 3.51. The second-order valence-corrected chi connectivity index (χ2v) is 6.89. The molecule has 22 heavy (non-hydrogen) atoms. The van der Waals surface area contributed by atoms with Crippen molar-refractivity contribution in [2.75, 3.05) is 0 Å². The van der Waals surface area contributed by atoms with Crippen LogP contribution < -0.4 is 5.62 Å². The molecule has 114 valence electrons. The minimum Gasteiger partial charge on any atom is -0.312 e. The molecular weight excluding hydrogens is 298 g/mol. The van der Waals surface area contributed by atoms with E-state index in [9.17, 15) is 8.42 Å². The summed E-state index contributed by atoms with van der Waals surface area (Å²) in [7, 11) is -0.117. The van der Waals surface area contributed by atoms with Gasteiger partial charge in [-0.25, -0.2) is 0 Å². The molecule has 1 heterocycles. The summed E-state index contributed by atoms with van der Waals surface area (Å²) in [5, 5.41) is 0. The summed E-state index contributed by atoms with van der Waals surface area (Å²) in [4.78, 5) is 0.198. The van der Waals surface area contributed by atoms with E-state index in [1.807, 2.05) is 45.3 Å². The molecular formula is C16H17N3O2S. The summed E-state index contributed by atoms with van der Waals surface area (Å²) < 4.78 is 32.6. The molecule has 3 rings (SSSR count). The number of sulfonamides is 1. The van der Waals surface area contributed by atoms with E-state index in [0.717, 1.165) is 16.6 Å². The van der Waals surface area contributed by atoms with Gasteiger partial charge < -0.3 is 9.13 Å². The third kappa shape index (κ3) is 2.35. The quantitative estimate of drug-likeness (QED) is 0.727. The molecule has 0 aliphatic rings. The first-order chi connectivity index (χ1) is 10.4. The number of hydrogen-bond acceptors (Lipinski definition) is 2. The van der Waals surface area contributed by atoms with Crippen molar-refractivity contribution in [3.63, 3.8) is 0 Å². The monoisotopic (exact) mass is 315 g/mol. The minimum atomic E-state index is -3.74. The van der Waals surface area contributed by atoms with Gasteiger partial charge in [-0.15, -0.1) is 4.40 Å². The maximum atomic E-state index is 12.5. The largest absolute Gasteiger partial charge is 0.312 e. The molecule has 0 aliphatic carbocycles. The van der Waals surface area contributed by atoms with Crippen molar-refractivity contribution in [2.24, 2.45) is 18.5 Å². The lowest BCUT2D eigenvalue weighted by Crippen LogP contribution is -2.24. The van der Waals surface area contributed by atoms with Crippen molar-refractivity contribution in [1.29, 1.82) is 0 Å². The van der Waals surface area contributed by atoms with Crippen molar-refractivity contribution in [2.45, 2.75) is 11.8 Å². The Morgan fingerprint density at radius 3 is 1.86 bits per heavy atom. The van der Waals surface area contributed by atoms with Crippen LogP contribution in [0.4, 0.5) is 0 Å². The molecule has 0 N–H and O–H groups in total. The summed E-state index contributed by atoms with van der Waals surface area (Å²) in [5.41, 5.74) is 3.27. The van der Waals surface area contributed by atoms with Crippen molar-refractivity contribution in [3.8, 4) is 0 Å². The summed E-state index contributed by atoms with van der Waals surface area (Å²) in [6.07, 6.45) is 0. The van der Waals surface area contributed by atoms with Crippen LogP contribution >= 0.6 is 0 Å². The first kappa shape index (κ1) is 14.6. The highest BCUT2D eigenvalue weighted by atomic mass is 32.2. The molecule has 0 atom stereocenters. The Kier molecular flexibility index (Phi) is 3.41. The van der Waals surface area contributed by atoms with Crippen LogP contribution in [0.25, 0.3) is 11.0 Å². The van der Waals surface area contributed by atoms with Crippen molar-refractivity contribution in [3.05, 3.63) is 59.7 Å². The van der Waals surface area contributed by atoms with Gasteiger partial charge in [-0.1, -0.05) is 29.8 Å². The van der Waals surface area contributed by atoms with E-state index in [0.29, 0.717) is 5.62 Å². The molecule has 0 fully saturated rings. The first-order valence-corrected chi connectivity index (χ1v) is 8.32. The molecule has 0 aliphatic heterocycles. The van der Waals surface area contributed by atoms with Gasteiger partial charge in [-0.3, -0.25) is 0 Å². The summed E-state index contributed by atoms with van der Waals surface area (Å²) >= 11 is 0. The van der Waals surface area contributed by atoms with Gasteiger partial charge in [0.2, 0.25) is 5.62 Å². The SMILES string of the molecule is Cc1ccc(S(=O)(=O)N=c2n(C)c3ccccc3n2C)cc1. The van der Waals surface area contributed by atoms with E-state index < -0.39 is 10.0 Å². The van der Waals surface area contributed by atoms with Gasteiger partial charge in [0.25, 0.3) is 10.0 Å². The Morgan fingerprint density at radius 2 is 1.36 bits per heavy atom. The Morgan fingerprint density at radius 1 is 0.864 bits per heavy atom. The van der Waals surface area contributed by atoms with Crippen LogP contribution in [0.2, 0.25) is 0 Å². The van der Waals surface area contributed by atoms with Crippen LogP contribution in [0.1, 0.15) is 5.56 Å². The lowest BCUT2D eigenvalue weighted by atomic mass is 10.2. The van der Waals surface area contributed by atoms with Crippen LogP contribution in [-0.4, -0.2) is 17.6 Å². The Hall–Kier alpha value is -2.34. The highest BCUT2D eigenvalue weighted by Gasteiger charge is 2.14. The number of para-hydroxylation sites is 2. The van der Waals surface area contributed by atoms with Gasteiger partial charge in [0.1, 0.15) is 0 Å². The second-order valence-electron chi connectivity index (χ2n) is 5.29. The molecule has 6 heteroatoms. The fourth-order valence-electron chi connectivity index (χ4n) is 2.46.